The van der Waals surface area contributed by atoms with Crippen LogP contribution in [0.2, 0.25) is 0 Å². The van der Waals surface area contributed by atoms with E-state index < -0.39 is 23.8 Å². The molecule has 0 heterocycles. The summed E-state index contributed by atoms with van der Waals surface area (Å²) < 4.78 is 0.932. The Hall–Kier alpha value is -3.60. The average molecular weight is 646 g/mol. The van der Waals surface area contributed by atoms with Gasteiger partial charge in [0.1, 0.15) is 0 Å². The molecular weight excluding hydrogens is 604 g/mol. The maximum Gasteiger partial charge on any atom is 0.319 e. The van der Waals surface area contributed by atoms with Gasteiger partial charge >= 0.3 is 24.0 Å². The summed E-state index contributed by atoms with van der Waals surface area (Å²) in [5.41, 5.74) is 2.51. The summed E-state index contributed by atoms with van der Waals surface area (Å²) in [4.78, 5) is 46.6. The summed E-state index contributed by atoms with van der Waals surface area (Å²) in [6.45, 7) is 1.98. The number of aryl methyl sites for hydroxylation is 1. The summed E-state index contributed by atoms with van der Waals surface area (Å²) in [5.74, 6) is -2.63. The zero-order valence-corrected chi connectivity index (χ0v) is 25.5. The van der Waals surface area contributed by atoms with E-state index in [0.29, 0.717) is 30.6 Å². The van der Waals surface area contributed by atoms with E-state index >= 15 is 0 Å². The zero-order valence-electron chi connectivity index (χ0n) is 23.9. The first-order valence-electron chi connectivity index (χ1n) is 14.5. The van der Waals surface area contributed by atoms with E-state index in [1.807, 2.05) is 43.3 Å². The van der Waals surface area contributed by atoms with Crippen LogP contribution >= 0.6 is 15.9 Å². The number of carbonyl (C=O) groups is 4. The predicted octanol–water partition coefficient (Wildman–Crippen LogP) is 6.75. The fraction of sp³-hybridized carbons (Fsp3) is 0.484. The molecule has 0 saturated heterocycles. The van der Waals surface area contributed by atoms with E-state index in [-0.39, 0.29) is 24.1 Å². The highest BCUT2D eigenvalue weighted by Crippen LogP contribution is 2.25. The molecule has 10 nitrogen and oxygen atoms in total. The lowest BCUT2D eigenvalue weighted by atomic mass is 9.84. The highest BCUT2D eigenvalue weighted by Gasteiger charge is 2.32. The smallest absolute Gasteiger partial charge is 0.319 e. The molecule has 2 aromatic carbocycles. The van der Waals surface area contributed by atoms with Crippen LogP contribution in [0.1, 0.15) is 69.8 Å². The van der Waals surface area contributed by atoms with Gasteiger partial charge in [0.25, 0.3) is 0 Å². The van der Waals surface area contributed by atoms with Crippen LogP contribution in [0.5, 0.6) is 0 Å². The number of anilines is 2. The normalized spacial score (nSPS) is 22.1. The van der Waals surface area contributed by atoms with Crippen molar-refractivity contribution >= 4 is 51.3 Å². The molecule has 0 bridgehead atoms. The molecule has 2 saturated carbocycles. The van der Waals surface area contributed by atoms with Gasteiger partial charge in [-0.3, -0.25) is 9.59 Å². The Morgan fingerprint density at radius 3 is 1.45 bits per heavy atom. The fourth-order valence-electron chi connectivity index (χ4n) is 5.39. The number of nitrogens with one attached hydrogen (secondary N) is 4. The number of benzene rings is 2. The van der Waals surface area contributed by atoms with Crippen molar-refractivity contribution < 1.29 is 29.4 Å². The predicted molar refractivity (Wildman–Crippen MR) is 166 cm³/mol. The molecule has 2 fully saturated rings. The Labute approximate surface area is 255 Å². The van der Waals surface area contributed by atoms with Crippen LogP contribution in [0.4, 0.5) is 21.0 Å². The largest absolute Gasteiger partial charge is 0.481 e. The second-order valence-corrected chi connectivity index (χ2v) is 11.9. The third-order valence-corrected chi connectivity index (χ3v) is 8.24. The maximum atomic E-state index is 12.1. The molecular formula is C31H41BrN4O6. The maximum absolute atomic E-state index is 12.1. The van der Waals surface area contributed by atoms with Crippen molar-refractivity contribution in [1.82, 2.24) is 10.6 Å². The number of hydrogen-bond donors (Lipinski definition) is 6. The zero-order chi connectivity index (χ0) is 30.5. The Balaban J connectivity index is 0.000000231. The third-order valence-electron chi connectivity index (χ3n) is 7.71. The Morgan fingerprint density at radius 2 is 1.00 bits per heavy atom. The SMILES string of the molecule is Cc1ccc(NC(=O)NC2CCCCCCC2C(=O)O)cc1.O=C(Nc1ccc(Br)cc1)NC1CCCCC1C(=O)O. The van der Waals surface area contributed by atoms with E-state index in [0.717, 1.165) is 55.0 Å². The van der Waals surface area contributed by atoms with Crippen molar-refractivity contribution in [3.63, 3.8) is 0 Å². The number of halogens is 1. The van der Waals surface area contributed by atoms with Gasteiger partial charge in [0.05, 0.1) is 11.8 Å². The first-order chi connectivity index (χ1) is 20.1. The number of aliphatic carboxylic acids is 2. The van der Waals surface area contributed by atoms with Crippen LogP contribution in [-0.4, -0.2) is 46.3 Å². The first kappa shape index (κ1) is 32.9. The lowest BCUT2D eigenvalue weighted by molar-refractivity contribution is -0.144. The molecule has 0 spiro atoms. The standard InChI is InChI=1S/C17H24N2O3.C14H17BrN2O3/c1-12-8-10-13(11-9-12)18-17(22)19-15-7-5-3-2-4-6-14(15)16(20)21;15-9-5-7-10(8-6-9)16-14(20)17-12-4-2-1-3-11(12)13(18)19/h8-11,14-15H,2-7H2,1H3,(H,20,21)(H2,18,19,22);5-8,11-12H,1-4H2,(H,18,19)(H2,16,17,20). The molecule has 4 unspecified atom stereocenters. The van der Waals surface area contributed by atoms with Crippen LogP contribution in [0.25, 0.3) is 0 Å². The van der Waals surface area contributed by atoms with Crippen molar-refractivity contribution in [3.05, 3.63) is 58.6 Å². The van der Waals surface area contributed by atoms with Gasteiger partial charge in [-0.15, -0.1) is 0 Å². The number of urea groups is 2. The van der Waals surface area contributed by atoms with E-state index in [2.05, 4.69) is 37.2 Å². The van der Waals surface area contributed by atoms with Crippen molar-refractivity contribution in [1.29, 1.82) is 0 Å². The topological polar surface area (TPSA) is 157 Å². The monoisotopic (exact) mass is 644 g/mol. The highest BCUT2D eigenvalue weighted by molar-refractivity contribution is 9.10. The van der Waals surface area contributed by atoms with Crippen LogP contribution in [0, 0.1) is 18.8 Å². The Kier molecular flexibility index (Phi) is 13.1. The molecule has 11 heteroatoms. The van der Waals surface area contributed by atoms with E-state index in [1.165, 1.54) is 0 Å². The first-order valence-corrected chi connectivity index (χ1v) is 15.3. The lowest BCUT2D eigenvalue weighted by Gasteiger charge is -2.29. The highest BCUT2D eigenvalue weighted by atomic mass is 79.9. The van der Waals surface area contributed by atoms with Gasteiger partial charge in [-0.05, 0) is 69.0 Å². The molecule has 2 aliphatic carbocycles. The molecule has 0 aromatic heterocycles. The molecule has 4 atom stereocenters. The van der Waals surface area contributed by atoms with Crippen molar-refractivity contribution in [2.24, 2.45) is 11.8 Å². The van der Waals surface area contributed by atoms with Gasteiger partial charge in [0.15, 0.2) is 0 Å². The molecule has 4 amide bonds. The van der Waals surface area contributed by atoms with E-state index in [4.69, 9.17) is 5.11 Å². The second-order valence-electron chi connectivity index (χ2n) is 10.9. The molecule has 2 aliphatic rings. The number of amides is 4. The molecule has 2 aromatic rings. The molecule has 4 rings (SSSR count). The number of carboxylic acid groups (broad SMARTS) is 2. The molecule has 6 N–H and O–H groups in total. The van der Waals surface area contributed by atoms with Crippen LogP contribution in [0.15, 0.2) is 53.0 Å². The van der Waals surface area contributed by atoms with Gasteiger partial charge in [-0.1, -0.05) is 72.2 Å². The van der Waals surface area contributed by atoms with Crippen molar-refractivity contribution in [3.8, 4) is 0 Å². The lowest BCUT2D eigenvalue weighted by Crippen LogP contribution is -2.46. The van der Waals surface area contributed by atoms with Gasteiger partial charge in [-0.2, -0.15) is 0 Å². The quantitative estimate of drug-likeness (QED) is 0.204. The fourth-order valence-corrected chi connectivity index (χ4v) is 5.66. The summed E-state index contributed by atoms with van der Waals surface area (Å²) in [5, 5.41) is 29.7. The molecule has 228 valence electrons. The van der Waals surface area contributed by atoms with Gasteiger partial charge in [0.2, 0.25) is 0 Å². The summed E-state index contributed by atoms with van der Waals surface area (Å²) in [6.07, 6.45) is 8.59. The van der Waals surface area contributed by atoms with Crippen LogP contribution in [-0.2, 0) is 9.59 Å². The summed E-state index contributed by atoms with van der Waals surface area (Å²) in [7, 11) is 0. The van der Waals surface area contributed by atoms with Gasteiger partial charge < -0.3 is 31.5 Å². The van der Waals surface area contributed by atoms with E-state index in [1.54, 1.807) is 12.1 Å². The van der Waals surface area contributed by atoms with Gasteiger partial charge in [0, 0.05) is 27.9 Å². The van der Waals surface area contributed by atoms with Gasteiger partial charge in [-0.25, -0.2) is 9.59 Å². The Morgan fingerprint density at radius 1 is 0.619 bits per heavy atom. The van der Waals surface area contributed by atoms with Crippen molar-refractivity contribution in [2.45, 2.75) is 83.2 Å². The summed E-state index contributed by atoms with van der Waals surface area (Å²) in [6, 6.07) is 13.4. The molecule has 0 aliphatic heterocycles. The number of hydrogen-bond acceptors (Lipinski definition) is 4. The minimum atomic E-state index is -0.835. The van der Waals surface area contributed by atoms with Crippen LogP contribution in [0.3, 0.4) is 0 Å². The number of rotatable bonds is 6. The second kappa shape index (κ2) is 16.7. The van der Waals surface area contributed by atoms with E-state index in [9.17, 15) is 24.3 Å². The molecule has 42 heavy (non-hydrogen) atoms. The minimum Gasteiger partial charge on any atom is -0.481 e. The number of carbonyl (C=O) groups excluding carboxylic acids is 2. The molecule has 0 radical (unpaired) electrons. The van der Waals surface area contributed by atoms with Crippen LogP contribution < -0.4 is 21.3 Å². The Bertz CT molecular complexity index is 1190. The average Bonchev–Trinajstić information content (AvgIpc) is 2.93. The van der Waals surface area contributed by atoms with Crippen molar-refractivity contribution in [2.75, 3.05) is 10.6 Å². The third kappa shape index (κ3) is 11.0. The number of carboxylic acids is 2. The summed E-state index contributed by atoms with van der Waals surface area (Å²) >= 11 is 3.32. The minimum absolute atomic E-state index is 0.295.